The molecular weight excluding hydrogens is 396 g/mol. The maximum atomic E-state index is 6.63. The number of hydrogen-bond donors (Lipinski definition) is 0. The zero-order valence-corrected chi connectivity index (χ0v) is 19.3. The summed E-state index contributed by atoms with van der Waals surface area (Å²) in [5, 5.41) is 0. The first kappa shape index (κ1) is 19.3. The molecule has 0 nitrogen and oxygen atoms in total. The summed E-state index contributed by atoms with van der Waals surface area (Å²) in [6, 6.07) is 15.8. The number of halogens is 1. The van der Waals surface area contributed by atoms with Gasteiger partial charge in [-0.15, -0.1) is 0 Å². The summed E-state index contributed by atoms with van der Waals surface area (Å²) in [5.41, 5.74) is 13.3. The van der Waals surface area contributed by atoms with Gasteiger partial charge in [0.15, 0.2) is 0 Å². The van der Waals surface area contributed by atoms with Gasteiger partial charge in [0.25, 0.3) is 0 Å². The topological polar surface area (TPSA) is 0 Å². The molecular formula is C24H25ClGe. The standard InChI is InChI=1S/C24H25ClGe/c1-14-10-16(3)22(17(4)11-14)20-8-7-9-21(24(20)26-25)23-18(5)12-15(2)13-19(23)6/h7-13H,1-6H3. The minimum atomic E-state index is -0.728. The molecule has 0 atom stereocenters. The predicted molar refractivity (Wildman–Crippen MR) is 117 cm³/mol. The van der Waals surface area contributed by atoms with Gasteiger partial charge in [0.2, 0.25) is 0 Å². The first-order chi connectivity index (χ1) is 12.3. The first-order valence-corrected chi connectivity index (χ1v) is 12.8. The van der Waals surface area contributed by atoms with E-state index in [-0.39, 0.29) is 0 Å². The Kier molecular flexibility index (Phi) is 5.65. The Labute approximate surface area is 168 Å². The molecule has 3 aromatic carbocycles. The number of aryl methyl sites for hydroxylation is 6. The minimum absolute atomic E-state index is 0.728. The Bertz CT molecular complexity index is 864. The van der Waals surface area contributed by atoms with E-state index in [9.17, 15) is 0 Å². The first-order valence-electron chi connectivity index (χ1n) is 8.99. The molecule has 132 valence electrons. The van der Waals surface area contributed by atoms with E-state index in [1.54, 1.807) is 0 Å². The molecule has 26 heavy (non-hydrogen) atoms. The van der Waals surface area contributed by atoms with Crippen LogP contribution in [0, 0.1) is 41.5 Å². The van der Waals surface area contributed by atoms with Gasteiger partial charge in [0.1, 0.15) is 0 Å². The van der Waals surface area contributed by atoms with E-state index in [1.807, 2.05) is 0 Å². The zero-order valence-electron chi connectivity index (χ0n) is 16.4. The van der Waals surface area contributed by atoms with Crippen molar-refractivity contribution in [2.24, 2.45) is 0 Å². The Balaban J connectivity index is 2.32. The molecule has 2 heteroatoms. The van der Waals surface area contributed by atoms with Gasteiger partial charge in [-0.05, 0) is 0 Å². The van der Waals surface area contributed by atoms with E-state index in [4.69, 9.17) is 10.0 Å². The summed E-state index contributed by atoms with van der Waals surface area (Å²) in [7, 11) is 6.63. The van der Waals surface area contributed by atoms with Crippen LogP contribution in [0.25, 0.3) is 22.3 Å². The number of hydrogen-bond acceptors (Lipinski definition) is 0. The summed E-state index contributed by atoms with van der Waals surface area (Å²) in [6.45, 7) is 13.2. The molecule has 0 saturated heterocycles. The van der Waals surface area contributed by atoms with Crippen LogP contribution in [0.2, 0.25) is 0 Å². The molecule has 2 radical (unpaired) electrons. The molecule has 0 fully saturated rings. The predicted octanol–water partition coefficient (Wildman–Crippen LogP) is 6.35. The summed E-state index contributed by atoms with van der Waals surface area (Å²) >= 11 is -0.728. The van der Waals surface area contributed by atoms with Crippen LogP contribution < -0.4 is 4.40 Å². The molecule has 3 rings (SSSR count). The van der Waals surface area contributed by atoms with Crippen molar-refractivity contribution in [1.29, 1.82) is 0 Å². The van der Waals surface area contributed by atoms with Crippen molar-refractivity contribution < 1.29 is 0 Å². The summed E-state index contributed by atoms with van der Waals surface area (Å²) in [6.07, 6.45) is 0. The van der Waals surface area contributed by atoms with E-state index in [0.717, 1.165) is 0 Å². The maximum absolute atomic E-state index is 6.63. The second kappa shape index (κ2) is 7.62. The number of rotatable bonds is 3. The van der Waals surface area contributed by atoms with Gasteiger partial charge < -0.3 is 0 Å². The zero-order chi connectivity index (χ0) is 19.0. The average Bonchev–Trinajstić information content (AvgIpc) is 2.53. The van der Waals surface area contributed by atoms with Crippen molar-refractivity contribution in [2.45, 2.75) is 41.5 Å². The fourth-order valence-corrected chi connectivity index (χ4v) is 6.64. The fourth-order valence-electron chi connectivity index (χ4n) is 4.28. The van der Waals surface area contributed by atoms with Crippen LogP contribution in [0.4, 0.5) is 0 Å². The molecule has 0 heterocycles. The Morgan fingerprint density at radius 2 is 0.962 bits per heavy atom. The molecule has 0 amide bonds. The van der Waals surface area contributed by atoms with Crippen LogP contribution in [0.1, 0.15) is 33.4 Å². The molecule has 0 aliphatic rings. The van der Waals surface area contributed by atoms with Gasteiger partial charge in [-0.2, -0.15) is 0 Å². The van der Waals surface area contributed by atoms with Crippen molar-refractivity contribution >= 4 is 28.9 Å². The Morgan fingerprint density at radius 3 is 1.27 bits per heavy atom. The molecule has 0 spiro atoms. The summed E-state index contributed by atoms with van der Waals surface area (Å²) < 4.78 is 1.35. The van der Waals surface area contributed by atoms with E-state index in [1.165, 1.54) is 60.0 Å². The van der Waals surface area contributed by atoms with Crippen molar-refractivity contribution in [2.75, 3.05) is 0 Å². The average molecular weight is 422 g/mol. The summed E-state index contributed by atoms with van der Waals surface area (Å²) in [5.74, 6) is 0. The second-order valence-electron chi connectivity index (χ2n) is 7.37. The second-order valence-corrected chi connectivity index (χ2v) is 9.80. The SMILES string of the molecule is Cc1cc(C)c(-c2cccc(-c3c(C)cc(C)cc3C)[c]2[Ge][Cl])c(C)c1. The van der Waals surface area contributed by atoms with Gasteiger partial charge in [0, 0.05) is 0 Å². The van der Waals surface area contributed by atoms with Crippen LogP contribution in [-0.2, 0) is 0 Å². The Hall–Kier alpha value is -1.51. The van der Waals surface area contributed by atoms with Gasteiger partial charge in [0.05, 0.1) is 0 Å². The van der Waals surface area contributed by atoms with Crippen LogP contribution in [0.5, 0.6) is 0 Å². The quantitative estimate of drug-likeness (QED) is 0.432. The van der Waals surface area contributed by atoms with E-state index < -0.39 is 14.5 Å². The fraction of sp³-hybridized carbons (Fsp3) is 0.250. The molecule has 0 saturated carbocycles. The normalized spacial score (nSPS) is 11.0. The van der Waals surface area contributed by atoms with Crippen molar-refractivity contribution in [3.8, 4) is 22.3 Å². The molecule has 0 aliphatic carbocycles. The molecule has 0 bridgehead atoms. The van der Waals surface area contributed by atoms with Crippen molar-refractivity contribution in [3.63, 3.8) is 0 Å². The van der Waals surface area contributed by atoms with Crippen LogP contribution in [0.15, 0.2) is 42.5 Å². The van der Waals surface area contributed by atoms with E-state index >= 15 is 0 Å². The Morgan fingerprint density at radius 1 is 0.615 bits per heavy atom. The molecule has 0 N–H and O–H groups in total. The molecule has 0 aliphatic heterocycles. The van der Waals surface area contributed by atoms with Crippen molar-refractivity contribution in [3.05, 3.63) is 75.8 Å². The van der Waals surface area contributed by atoms with E-state index in [2.05, 4.69) is 84.0 Å². The third-order valence-corrected chi connectivity index (χ3v) is 7.56. The molecule has 0 aromatic heterocycles. The summed E-state index contributed by atoms with van der Waals surface area (Å²) in [4.78, 5) is 0. The molecule has 0 unspecified atom stereocenters. The van der Waals surface area contributed by atoms with Crippen LogP contribution in [0.3, 0.4) is 0 Å². The van der Waals surface area contributed by atoms with Crippen LogP contribution >= 0.6 is 10.0 Å². The van der Waals surface area contributed by atoms with Gasteiger partial charge >= 0.3 is 169 Å². The third-order valence-electron chi connectivity index (χ3n) is 5.05. The third kappa shape index (κ3) is 3.50. The van der Waals surface area contributed by atoms with Crippen molar-refractivity contribution in [1.82, 2.24) is 0 Å². The van der Waals surface area contributed by atoms with Gasteiger partial charge in [-0.3, -0.25) is 0 Å². The molecule has 3 aromatic rings. The van der Waals surface area contributed by atoms with Gasteiger partial charge in [-0.25, -0.2) is 0 Å². The monoisotopic (exact) mass is 422 g/mol. The van der Waals surface area contributed by atoms with Gasteiger partial charge in [-0.1, -0.05) is 0 Å². The van der Waals surface area contributed by atoms with Crippen LogP contribution in [-0.4, -0.2) is 14.5 Å². The van der Waals surface area contributed by atoms with E-state index in [0.29, 0.717) is 0 Å². The number of benzene rings is 3.